The van der Waals surface area contributed by atoms with Gasteiger partial charge in [0.15, 0.2) is 0 Å². The van der Waals surface area contributed by atoms with Gasteiger partial charge in [-0.2, -0.15) is 11.8 Å². The highest BCUT2D eigenvalue weighted by Crippen LogP contribution is 2.29. The number of carbonyl (C=O) groups excluding carboxylic acids is 1. The standard InChI is InChI=1S/C17H25N3O4S/c1-12(2)16-11-19(8-9-25-16)7-6-17(21)18-14-5-4-13(24-3)10-15(14)20(22)23/h4-5,10,12,16H,6-9,11H2,1-3H3,(H,18,21)/t16-/m0/s1. The average molecular weight is 367 g/mol. The minimum absolute atomic E-state index is 0.165. The Kier molecular flexibility index (Phi) is 7.07. The Balaban J connectivity index is 1.91. The number of amides is 1. The minimum Gasteiger partial charge on any atom is -0.496 e. The number of thioether (sulfide) groups is 1. The van der Waals surface area contributed by atoms with E-state index in [4.69, 9.17) is 4.74 Å². The molecule has 0 aliphatic carbocycles. The van der Waals surface area contributed by atoms with Crippen LogP contribution >= 0.6 is 11.8 Å². The van der Waals surface area contributed by atoms with Gasteiger partial charge < -0.3 is 15.0 Å². The third-order valence-electron chi connectivity index (χ3n) is 4.25. The smallest absolute Gasteiger partial charge is 0.296 e. The molecule has 1 aliphatic heterocycles. The average Bonchev–Trinajstić information content (AvgIpc) is 2.60. The van der Waals surface area contributed by atoms with E-state index in [0.717, 1.165) is 18.8 Å². The Bertz CT molecular complexity index is 624. The van der Waals surface area contributed by atoms with Crippen LogP contribution in [0.2, 0.25) is 0 Å². The highest BCUT2D eigenvalue weighted by atomic mass is 32.2. The second-order valence-corrected chi connectivity index (χ2v) is 7.74. The number of ether oxygens (including phenoxy) is 1. The van der Waals surface area contributed by atoms with Crippen molar-refractivity contribution in [3.8, 4) is 5.75 Å². The van der Waals surface area contributed by atoms with Crippen molar-refractivity contribution in [2.75, 3.05) is 37.8 Å². The van der Waals surface area contributed by atoms with E-state index in [0.29, 0.717) is 29.9 Å². The summed E-state index contributed by atoms with van der Waals surface area (Å²) < 4.78 is 5.00. The molecule has 1 atom stereocenters. The Morgan fingerprint density at radius 2 is 2.28 bits per heavy atom. The van der Waals surface area contributed by atoms with Crippen molar-refractivity contribution < 1.29 is 14.5 Å². The van der Waals surface area contributed by atoms with E-state index in [1.54, 1.807) is 6.07 Å². The molecule has 25 heavy (non-hydrogen) atoms. The monoisotopic (exact) mass is 367 g/mol. The fourth-order valence-corrected chi connectivity index (χ4v) is 4.07. The molecule has 0 bridgehead atoms. The van der Waals surface area contributed by atoms with Crippen molar-refractivity contribution in [1.29, 1.82) is 0 Å². The van der Waals surface area contributed by atoms with Crippen molar-refractivity contribution in [2.24, 2.45) is 5.92 Å². The number of anilines is 1. The van der Waals surface area contributed by atoms with Gasteiger partial charge in [-0.3, -0.25) is 14.9 Å². The maximum absolute atomic E-state index is 12.2. The largest absolute Gasteiger partial charge is 0.496 e. The van der Waals surface area contributed by atoms with Gasteiger partial charge in [0.25, 0.3) is 5.69 Å². The zero-order chi connectivity index (χ0) is 18.4. The van der Waals surface area contributed by atoms with Gasteiger partial charge in [0.05, 0.1) is 18.1 Å². The Morgan fingerprint density at radius 3 is 2.92 bits per heavy atom. The Hall–Kier alpha value is -1.80. The summed E-state index contributed by atoms with van der Waals surface area (Å²) in [6.45, 7) is 7.06. The highest BCUT2D eigenvalue weighted by Gasteiger charge is 2.23. The molecule has 0 unspecified atom stereocenters. The summed E-state index contributed by atoms with van der Waals surface area (Å²) in [7, 11) is 1.44. The normalized spacial score (nSPS) is 18.2. The molecule has 1 saturated heterocycles. The number of nitro groups is 1. The van der Waals surface area contributed by atoms with Crippen LogP contribution in [0, 0.1) is 16.0 Å². The lowest BCUT2D eigenvalue weighted by Gasteiger charge is -2.34. The summed E-state index contributed by atoms with van der Waals surface area (Å²) in [5.41, 5.74) is 0.0343. The molecule has 0 spiro atoms. The number of rotatable bonds is 7. The lowest BCUT2D eigenvalue weighted by molar-refractivity contribution is -0.384. The summed E-state index contributed by atoms with van der Waals surface area (Å²) >= 11 is 1.99. The molecule has 1 amide bonds. The van der Waals surface area contributed by atoms with Crippen LogP contribution in [0.1, 0.15) is 20.3 Å². The first-order chi connectivity index (χ1) is 11.9. The van der Waals surface area contributed by atoms with Gasteiger partial charge in [0.2, 0.25) is 5.91 Å². The molecule has 1 aromatic carbocycles. The molecule has 1 fully saturated rings. The molecule has 1 N–H and O–H groups in total. The van der Waals surface area contributed by atoms with E-state index in [-0.39, 0.29) is 17.3 Å². The number of hydrogen-bond acceptors (Lipinski definition) is 6. The molecule has 2 rings (SSSR count). The Morgan fingerprint density at radius 1 is 1.52 bits per heavy atom. The van der Waals surface area contributed by atoms with Gasteiger partial charge in [0, 0.05) is 37.1 Å². The first-order valence-corrected chi connectivity index (χ1v) is 9.41. The third-order valence-corrected chi connectivity index (χ3v) is 5.79. The molecular weight excluding hydrogens is 342 g/mol. The van der Waals surface area contributed by atoms with Gasteiger partial charge in [0.1, 0.15) is 11.4 Å². The third kappa shape index (κ3) is 5.61. The zero-order valence-corrected chi connectivity index (χ0v) is 15.7. The van der Waals surface area contributed by atoms with Crippen molar-refractivity contribution in [3.05, 3.63) is 28.3 Å². The quantitative estimate of drug-likeness (QED) is 0.589. The van der Waals surface area contributed by atoms with E-state index < -0.39 is 4.92 Å². The van der Waals surface area contributed by atoms with Gasteiger partial charge in [-0.25, -0.2) is 0 Å². The van der Waals surface area contributed by atoms with Gasteiger partial charge in [-0.15, -0.1) is 0 Å². The van der Waals surface area contributed by atoms with Gasteiger partial charge >= 0.3 is 0 Å². The predicted octanol–water partition coefficient (Wildman–Crippen LogP) is 3.01. The van der Waals surface area contributed by atoms with E-state index in [2.05, 4.69) is 24.1 Å². The summed E-state index contributed by atoms with van der Waals surface area (Å²) in [6, 6.07) is 4.41. The second kappa shape index (κ2) is 9.05. The summed E-state index contributed by atoms with van der Waals surface area (Å²) in [4.78, 5) is 25.1. The first kappa shape index (κ1) is 19.5. The molecule has 0 radical (unpaired) electrons. The number of methoxy groups -OCH3 is 1. The molecule has 1 aliphatic rings. The molecule has 138 valence electrons. The van der Waals surface area contributed by atoms with E-state index >= 15 is 0 Å². The van der Waals surface area contributed by atoms with Crippen LogP contribution in [-0.2, 0) is 4.79 Å². The maximum atomic E-state index is 12.2. The number of hydrogen-bond donors (Lipinski definition) is 1. The molecule has 7 nitrogen and oxygen atoms in total. The van der Waals surface area contributed by atoms with Crippen LogP contribution in [0.5, 0.6) is 5.75 Å². The number of benzene rings is 1. The maximum Gasteiger partial charge on any atom is 0.296 e. The van der Waals surface area contributed by atoms with E-state index in [9.17, 15) is 14.9 Å². The first-order valence-electron chi connectivity index (χ1n) is 8.37. The zero-order valence-electron chi connectivity index (χ0n) is 14.9. The van der Waals surface area contributed by atoms with Crippen molar-refractivity contribution in [3.63, 3.8) is 0 Å². The summed E-state index contributed by atoms with van der Waals surface area (Å²) in [5.74, 6) is 1.86. The molecular formula is C17H25N3O4S. The number of nitrogens with zero attached hydrogens (tertiary/aromatic N) is 2. The summed E-state index contributed by atoms with van der Waals surface area (Å²) in [6.07, 6.45) is 0.318. The van der Waals surface area contributed by atoms with Crippen molar-refractivity contribution in [2.45, 2.75) is 25.5 Å². The Labute approximate surface area is 152 Å². The van der Waals surface area contributed by atoms with Crippen LogP contribution in [0.25, 0.3) is 0 Å². The van der Waals surface area contributed by atoms with E-state index in [1.165, 1.54) is 19.2 Å². The van der Waals surface area contributed by atoms with E-state index in [1.807, 2.05) is 11.8 Å². The van der Waals surface area contributed by atoms with Crippen molar-refractivity contribution in [1.82, 2.24) is 4.90 Å². The number of nitrogens with one attached hydrogen (secondary N) is 1. The second-order valence-electron chi connectivity index (χ2n) is 6.39. The number of carbonyl (C=O) groups is 1. The molecule has 0 saturated carbocycles. The predicted molar refractivity (Wildman–Crippen MR) is 100 cm³/mol. The molecule has 1 heterocycles. The SMILES string of the molecule is COc1ccc(NC(=O)CCN2CCS[C@H](C(C)C)C2)c([N+](=O)[O-])c1. The fraction of sp³-hybridized carbons (Fsp3) is 0.588. The minimum atomic E-state index is -0.521. The van der Waals surface area contributed by atoms with Gasteiger partial charge in [-0.05, 0) is 18.1 Å². The topological polar surface area (TPSA) is 84.7 Å². The van der Waals surface area contributed by atoms with Crippen LogP contribution in [-0.4, -0.2) is 53.5 Å². The molecule has 8 heteroatoms. The number of nitro benzene ring substituents is 1. The summed E-state index contributed by atoms with van der Waals surface area (Å²) in [5, 5.41) is 14.4. The van der Waals surface area contributed by atoms with Gasteiger partial charge in [-0.1, -0.05) is 13.8 Å². The van der Waals surface area contributed by atoms with Crippen LogP contribution in [0.4, 0.5) is 11.4 Å². The fourth-order valence-electron chi connectivity index (χ4n) is 2.71. The lowest BCUT2D eigenvalue weighted by atomic mass is 10.1. The highest BCUT2D eigenvalue weighted by molar-refractivity contribution is 8.00. The molecule has 1 aromatic rings. The van der Waals surface area contributed by atoms with Crippen LogP contribution in [0.15, 0.2) is 18.2 Å². The lowest BCUT2D eigenvalue weighted by Crippen LogP contribution is -2.41. The van der Waals surface area contributed by atoms with Crippen LogP contribution < -0.4 is 10.1 Å². The van der Waals surface area contributed by atoms with Crippen LogP contribution in [0.3, 0.4) is 0 Å². The van der Waals surface area contributed by atoms with Crippen molar-refractivity contribution >= 4 is 29.0 Å². The molecule has 0 aromatic heterocycles.